The molecule has 2 spiro atoms. The van der Waals surface area contributed by atoms with Crippen LogP contribution in [0.1, 0.15) is 74.7 Å². The third-order valence-corrected chi connectivity index (χ3v) is 15.0. The van der Waals surface area contributed by atoms with Gasteiger partial charge in [0.2, 0.25) is 0 Å². The maximum Gasteiger partial charge on any atom is 0.322 e. The molecule has 6 nitrogen and oxygen atoms in total. The number of fused-ring (bicyclic) bond motifs is 2. The Hall–Kier alpha value is -4.52. The Bertz CT molecular complexity index is 2140. The van der Waals surface area contributed by atoms with E-state index in [0.29, 0.717) is 30.6 Å². The summed E-state index contributed by atoms with van der Waals surface area (Å²) in [7, 11) is 0. The van der Waals surface area contributed by atoms with Gasteiger partial charge in [-0.3, -0.25) is 4.79 Å². The summed E-state index contributed by atoms with van der Waals surface area (Å²) in [6, 6.07) is 33.3. The zero-order valence-electron chi connectivity index (χ0n) is 30.8. The summed E-state index contributed by atoms with van der Waals surface area (Å²) in [5, 5.41) is 29.6. The SMILES string of the molecule is CC12CCC(O)CC13C=CC1(C(C(=O)c4ccccc4)=C3)C2CCC2(C)C1CCC2(O)CN(Cc1cccc2ccccc12)C(=O)Nc1ccccc1. The van der Waals surface area contributed by atoms with E-state index in [-0.39, 0.29) is 41.0 Å². The Morgan fingerprint density at radius 1 is 0.774 bits per heavy atom. The van der Waals surface area contributed by atoms with Crippen LogP contribution in [0, 0.1) is 33.5 Å². The van der Waals surface area contributed by atoms with Gasteiger partial charge in [-0.1, -0.05) is 123 Å². The van der Waals surface area contributed by atoms with Crippen LogP contribution in [-0.2, 0) is 6.54 Å². The number of nitrogens with zero attached hydrogens (tertiary/aromatic N) is 1. The molecule has 0 radical (unpaired) electrons. The Labute approximate surface area is 312 Å². The number of aliphatic hydroxyl groups is 2. The number of carbonyl (C=O) groups excluding carboxylic acids is 2. The summed E-state index contributed by atoms with van der Waals surface area (Å²) >= 11 is 0. The van der Waals surface area contributed by atoms with Gasteiger partial charge in [0.1, 0.15) is 0 Å². The van der Waals surface area contributed by atoms with Crippen molar-refractivity contribution in [2.24, 2.45) is 33.5 Å². The number of rotatable bonds is 7. The van der Waals surface area contributed by atoms with Crippen molar-refractivity contribution in [3.05, 3.63) is 138 Å². The number of benzene rings is 4. The van der Waals surface area contributed by atoms with Crippen molar-refractivity contribution >= 4 is 28.3 Å². The normalized spacial score (nSPS) is 35.2. The second-order valence-electron chi connectivity index (χ2n) is 17.3. The van der Waals surface area contributed by atoms with Gasteiger partial charge in [-0.05, 0) is 90.7 Å². The van der Waals surface area contributed by atoms with E-state index in [1.807, 2.05) is 83.8 Å². The number of hydrogen-bond acceptors (Lipinski definition) is 4. The molecule has 6 heteroatoms. The molecule has 0 saturated heterocycles. The van der Waals surface area contributed by atoms with E-state index < -0.39 is 22.5 Å². The lowest BCUT2D eigenvalue weighted by Gasteiger charge is -2.71. The standard InChI is InChI=1S/C47H50N2O4/c1-43-23-20-36(50)28-45(43)26-27-47(38(29-45)41(51)33-13-5-3-6-14-33)39(43)21-24-44(2)40(47)22-25-46(44,53)31-49(42(52)48-35-17-7-4-8-18-35)30-34-16-11-15-32-12-9-10-19-37(32)34/h3-19,26-27,29,36,39-40,50,53H,20-25,28,30-31H2,1-2H3,(H,48,52). The summed E-state index contributed by atoms with van der Waals surface area (Å²) in [5.74, 6) is 0.252. The smallest absolute Gasteiger partial charge is 0.322 e. The number of urea groups is 1. The van der Waals surface area contributed by atoms with E-state index in [9.17, 15) is 19.8 Å². The largest absolute Gasteiger partial charge is 0.393 e. The van der Waals surface area contributed by atoms with Crippen LogP contribution in [-0.4, -0.2) is 45.2 Å². The maximum absolute atomic E-state index is 14.8. The van der Waals surface area contributed by atoms with Crippen molar-refractivity contribution < 1.29 is 19.8 Å². The summed E-state index contributed by atoms with van der Waals surface area (Å²) in [4.78, 5) is 31.0. The molecule has 2 bridgehead atoms. The van der Waals surface area contributed by atoms with E-state index in [0.717, 1.165) is 54.0 Å². The summed E-state index contributed by atoms with van der Waals surface area (Å²) in [6.07, 6.45) is 11.8. The highest BCUT2D eigenvalue weighted by Gasteiger charge is 2.74. The maximum atomic E-state index is 14.8. The first-order valence-electron chi connectivity index (χ1n) is 19.5. The number of ketones is 1. The number of amides is 2. The summed E-state index contributed by atoms with van der Waals surface area (Å²) in [6.45, 7) is 5.16. The zero-order valence-corrected chi connectivity index (χ0v) is 30.8. The molecule has 8 atom stereocenters. The number of hydrogen-bond donors (Lipinski definition) is 3. The first kappa shape index (κ1) is 34.3. The van der Waals surface area contributed by atoms with E-state index in [1.54, 1.807) is 0 Å². The van der Waals surface area contributed by atoms with E-state index >= 15 is 0 Å². The van der Waals surface area contributed by atoms with Crippen LogP contribution < -0.4 is 5.32 Å². The minimum absolute atomic E-state index is 0.00697. The van der Waals surface area contributed by atoms with Gasteiger partial charge >= 0.3 is 6.03 Å². The van der Waals surface area contributed by atoms with Crippen LogP contribution in [0.25, 0.3) is 10.8 Å². The minimum Gasteiger partial charge on any atom is -0.393 e. The van der Waals surface area contributed by atoms with E-state index in [4.69, 9.17) is 0 Å². The summed E-state index contributed by atoms with van der Waals surface area (Å²) in [5.41, 5.74) is 0.442. The van der Waals surface area contributed by atoms with E-state index in [1.165, 1.54) is 0 Å². The second kappa shape index (κ2) is 12.3. The van der Waals surface area contributed by atoms with Crippen molar-refractivity contribution in [2.75, 3.05) is 11.9 Å². The van der Waals surface area contributed by atoms with Crippen LogP contribution >= 0.6 is 0 Å². The first-order chi connectivity index (χ1) is 25.5. The Morgan fingerprint density at radius 3 is 2.23 bits per heavy atom. The van der Waals surface area contributed by atoms with E-state index in [2.05, 4.69) is 61.7 Å². The molecular formula is C47H50N2O4. The molecule has 4 aromatic carbocycles. The second-order valence-corrected chi connectivity index (χ2v) is 17.3. The molecule has 6 aliphatic rings. The van der Waals surface area contributed by atoms with Crippen LogP contribution in [0.15, 0.2) is 127 Å². The Balaban J connectivity index is 1.12. The summed E-state index contributed by atoms with van der Waals surface area (Å²) < 4.78 is 0. The van der Waals surface area contributed by atoms with Gasteiger partial charge in [-0.25, -0.2) is 4.79 Å². The first-order valence-corrected chi connectivity index (χ1v) is 19.5. The van der Waals surface area contributed by atoms with Gasteiger partial charge < -0.3 is 20.4 Å². The molecule has 0 aliphatic heterocycles. The third-order valence-electron chi connectivity index (χ3n) is 15.0. The van der Waals surface area contributed by atoms with Gasteiger partial charge in [0, 0.05) is 39.6 Å². The van der Waals surface area contributed by atoms with Crippen molar-refractivity contribution in [1.29, 1.82) is 0 Å². The average Bonchev–Trinajstić information content (AvgIpc) is 3.44. The number of nitrogens with one attached hydrogen (secondary N) is 1. The molecule has 272 valence electrons. The number of para-hydroxylation sites is 1. The zero-order chi connectivity index (χ0) is 36.6. The van der Waals surface area contributed by atoms with Gasteiger partial charge in [0.15, 0.2) is 5.78 Å². The topological polar surface area (TPSA) is 89.9 Å². The number of carbonyl (C=O) groups is 2. The van der Waals surface area contributed by atoms with Crippen molar-refractivity contribution in [3.63, 3.8) is 0 Å². The molecular weight excluding hydrogens is 657 g/mol. The average molecular weight is 707 g/mol. The lowest BCUT2D eigenvalue weighted by Crippen LogP contribution is -2.67. The molecule has 0 heterocycles. The van der Waals surface area contributed by atoms with Gasteiger partial charge in [0.25, 0.3) is 0 Å². The van der Waals surface area contributed by atoms with Gasteiger partial charge in [0.05, 0.1) is 18.2 Å². The quantitative estimate of drug-likeness (QED) is 0.132. The number of allylic oxidation sites excluding steroid dienone is 4. The highest BCUT2D eigenvalue weighted by Crippen LogP contribution is 2.78. The van der Waals surface area contributed by atoms with Crippen molar-refractivity contribution in [1.82, 2.24) is 4.90 Å². The number of aliphatic hydroxyl groups excluding tert-OH is 1. The van der Waals surface area contributed by atoms with Crippen LogP contribution in [0.3, 0.4) is 0 Å². The lowest BCUT2D eigenvalue weighted by molar-refractivity contribution is -0.174. The molecule has 8 unspecified atom stereocenters. The van der Waals surface area contributed by atoms with Crippen LogP contribution in [0.4, 0.5) is 10.5 Å². The van der Waals surface area contributed by atoms with Crippen LogP contribution in [0.2, 0.25) is 0 Å². The molecule has 3 fully saturated rings. The Kier molecular flexibility index (Phi) is 7.92. The Morgan fingerprint density at radius 2 is 1.43 bits per heavy atom. The van der Waals surface area contributed by atoms with Crippen molar-refractivity contribution in [2.45, 2.75) is 77.0 Å². The fourth-order valence-corrected chi connectivity index (χ4v) is 12.2. The fraction of sp³-hybridized carbons (Fsp3) is 0.404. The minimum atomic E-state index is -1.19. The van der Waals surface area contributed by atoms with Gasteiger partial charge in [-0.15, -0.1) is 0 Å². The lowest BCUT2D eigenvalue weighted by atomic mass is 9.32. The molecule has 0 aromatic heterocycles. The number of Topliss-reactive ketones (excluding diaryl/α,β-unsaturated/α-hetero) is 1. The van der Waals surface area contributed by atoms with Crippen LogP contribution in [0.5, 0.6) is 0 Å². The molecule has 3 N–H and O–H groups in total. The molecule has 6 aliphatic carbocycles. The highest BCUT2D eigenvalue weighted by atomic mass is 16.3. The predicted octanol–water partition coefficient (Wildman–Crippen LogP) is 9.35. The molecule has 53 heavy (non-hydrogen) atoms. The third kappa shape index (κ3) is 4.98. The molecule has 10 rings (SSSR count). The fourth-order valence-electron chi connectivity index (χ4n) is 12.2. The molecule has 2 amide bonds. The molecule has 4 aromatic rings. The highest BCUT2D eigenvalue weighted by molar-refractivity contribution is 6.10. The monoisotopic (exact) mass is 706 g/mol. The predicted molar refractivity (Wildman–Crippen MR) is 209 cm³/mol. The van der Waals surface area contributed by atoms with Crippen molar-refractivity contribution in [3.8, 4) is 0 Å². The molecule has 3 saturated carbocycles. The van der Waals surface area contributed by atoms with Gasteiger partial charge in [-0.2, -0.15) is 0 Å². The number of anilines is 1.